The molecule has 21 aromatic rings. The standard InChI is InChI=1S/C40H32.2C36H24/c1-40(2,3)33-25-31(27-13-5-4-6-14-27)24-32(26-33)39-36-19-11-9-17-34(36)38(35-18-10-12-20-37(35)39)30-22-21-28-15-7-8-16-29(28)23-30;1-2-11-25(12-3-1)28-15-10-16-29(23-28)35-31-17-6-8-19-33(31)36(34-20-9-7-18-32(34)35)30-22-21-26-13-4-5-14-27(26)24-30;1-2-13-26(14-3-1)29-16-6-7-17-30(29)36-33-20-10-8-18-31(33)35(32-19-9-11-21-34(32)36)28-23-22-25-12-4-5-15-27(25)24-28/h4-26H,1-3H3;2*1-24H. The minimum atomic E-state index is 0.0240. The fraction of sp³-hybridized carbons (Fsp3) is 0.0357. The van der Waals surface area contributed by atoms with E-state index in [-0.39, 0.29) is 5.41 Å². The summed E-state index contributed by atoms with van der Waals surface area (Å²) in [5, 5.41) is 23.0. The van der Waals surface area contributed by atoms with Gasteiger partial charge in [-0.1, -0.05) is 421 Å². The Kier molecular flexibility index (Phi) is 18.0. The highest BCUT2D eigenvalue weighted by Gasteiger charge is 2.24. The lowest BCUT2D eigenvalue weighted by Crippen LogP contribution is -2.11. The van der Waals surface area contributed by atoms with Gasteiger partial charge in [0, 0.05) is 0 Å². The van der Waals surface area contributed by atoms with Gasteiger partial charge in [0.1, 0.15) is 0 Å². The van der Waals surface area contributed by atoms with Gasteiger partial charge in [-0.2, -0.15) is 0 Å². The second-order valence-electron chi connectivity index (χ2n) is 30.5. The molecule has 0 radical (unpaired) electrons. The zero-order valence-corrected chi connectivity index (χ0v) is 63.0. The van der Waals surface area contributed by atoms with Crippen LogP contribution in [-0.4, -0.2) is 0 Å². The van der Waals surface area contributed by atoms with Crippen LogP contribution in [0, 0.1) is 0 Å². The number of rotatable bonds is 9. The van der Waals surface area contributed by atoms with Crippen LogP contribution in [-0.2, 0) is 5.41 Å². The van der Waals surface area contributed by atoms with Gasteiger partial charge >= 0.3 is 0 Å². The first-order valence-corrected chi connectivity index (χ1v) is 39.0. The molecule has 21 aromatic carbocycles. The number of hydrogen-bond donors (Lipinski definition) is 0. The van der Waals surface area contributed by atoms with Gasteiger partial charge < -0.3 is 0 Å². The van der Waals surface area contributed by atoms with Crippen molar-refractivity contribution in [2.24, 2.45) is 0 Å². The second kappa shape index (κ2) is 29.5. The summed E-state index contributed by atoms with van der Waals surface area (Å²) in [5.41, 5.74) is 24.2. The third-order valence-electron chi connectivity index (χ3n) is 22.6. The molecule has 0 heterocycles. The van der Waals surface area contributed by atoms with E-state index in [2.05, 4.69) is 451 Å². The van der Waals surface area contributed by atoms with Crippen LogP contribution in [0.2, 0.25) is 0 Å². The molecule has 21 rings (SSSR count). The van der Waals surface area contributed by atoms with Gasteiger partial charge in [0.2, 0.25) is 0 Å². The van der Waals surface area contributed by atoms with Crippen molar-refractivity contribution in [3.05, 3.63) is 436 Å². The highest BCUT2D eigenvalue weighted by molar-refractivity contribution is 6.25. The molecule has 528 valence electrons. The minimum Gasteiger partial charge on any atom is -0.0622 e. The molecule has 0 aliphatic heterocycles. The van der Waals surface area contributed by atoms with Crippen LogP contribution in [0.1, 0.15) is 26.3 Å². The van der Waals surface area contributed by atoms with Crippen molar-refractivity contribution in [1.82, 2.24) is 0 Å². The molecule has 0 saturated carbocycles. The molecular weight excluding hydrogens is 1350 g/mol. The molecule has 0 heteroatoms. The predicted molar refractivity (Wildman–Crippen MR) is 485 cm³/mol. The Hall–Kier alpha value is -14.0. The molecule has 0 atom stereocenters. The maximum Gasteiger partial charge on any atom is -0.00201 e. The third-order valence-corrected chi connectivity index (χ3v) is 22.6. The normalized spacial score (nSPS) is 11.5. The van der Waals surface area contributed by atoms with Gasteiger partial charge in [-0.25, -0.2) is 0 Å². The van der Waals surface area contributed by atoms with Crippen LogP contribution in [0.15, 0.2) is 431 Å². The molecule has 0 bridgehead atoms. The Morgan fingerprint density at radius 2 is 0.375 bits per heavy atom. The minimum absolute atomic E-state index is 0.0240. The van der Waals surface area contributed by atoms with Crippen molar-refractivity contribution >= 4 is 97.0 Å². The van der Waals surface area contributed by atoms with E-state index in [4.69, 9.17) is 0 Å². The molecule has 0 aliphatic rings. The van der Waals surface area contributed by atoms with Crippen LogP contribution >= 0.6 is 0 Å². The third kappa shape index (κ3) is 12.9. The van der Waals surface area contributed by atoms with Crippen molar-refractivity contribution in [1.29, 1.82) is 0 Å². The first kappa shape index (κ1) is 68.5. The van der Waals surface area contributed by atoms with Gasteiger partial charge in [0.05, 0.1) is 0 Å². The number of benzene rings is 21. The molecule has 0 amide bonds. The number of hydrogen-bond acceptors (Lipinski definition) is 0. The highest BCUT2D eigenvalue weighted by Crippen LogP contribution is 2.50. The summed E-state index contributed by atoms with van der Waals surface area (Å²) in [6.45, 7) is 6.92. The lowest BCUT2D eigenvalue weighted by Gasteiger charge is -2.23. The maximum absolute atomic E-state index is 2.41. The van der Waals surface area contributed by atoms with E-state index in [1.54, 1.807) is 0 Å². The maximum atomic E-state index is 2.41. The quantitative estimate of drug-likeness (QED) is 0.126. The summed E-state index contributed by atoms with van der Waals surface area (Å²) in [4.78, 5) is 0. The van der Waals surface area contributed by atoms with Crippen molar-refractivity contribution in [2.45, 2.75) is 26.2 Å². The van der Waals surface area contributed by atoms with Gasteiger partial charge in [-0.05, 0) is 238 Å². The fourth-order valence-corrected chi connectivity index (χ4v) is 17.3. The fourth-order valence-electron chi connectivity index (χ4n) is 17.3. The van der Waals surface area contributed by atoms with Crippen LogP contribution in [0.3, 0.4) is 0 Å². The topological polar surface area (TPSA) is 0 Å². The molecule has 0 spiro atoms. The van der Waals surface area contributed by atoms with Gasteiger partial charge in [-0.3, -0.25) is 0 Å². The summed E-state index contributed by atoms with van der Waals surface area (Å²) >= 11 is 0. The Bertz CT molecular complexity index is 6970. The van der Waals surface area contributed by atoms with E-state index in [1.807, 2.05) is 0 Å². The van der Waals surface area contributed by atoms with E-state index in [0.717, 1.165) is 0 Å². The van der Waals surface area contributed by atoms with Gasteiger partial charge in [0.15, 0.2) is 0 Å². The average Bonchev–Trinajstić information content (AvgIpc) is 0.743. The van der Waals surface area contributed by atoms with E-state index in [0.29, 0.717) is 0 Å². The van der Waals surface area contributed by atoms with Crippen LogP contribution in [0.25, 0.3) is 197 Å². The first-order valence-electron chi connectivity index (χ1n) is 39.0. The molecular formula is C112H80. The van der Waals surface area contributed by atoms with E-state index >= 15 is 0 Å². The van der Waals surface area contributed by atoms with Crippen molar-refractivity contribution in [3.8, 4) is 100 Å². The zero-order chi connectivity index (χ0) is 75.1. The zero-order valence-electron chi connectivity index (χ0n) is 63.0. The Labute approximate surface area is 655 Å². The van der Waals surface area contributed by atoms with E-state index in [9.17, 15) is 0 Å². The molecule has 0 N–H and O–H groups in total. The summed E-state index contributed by atoms with van der Waals surface area (Å²) in [7, 11) is 0. The van der Waals surface area contributed by atoms with E-state index in [1.165, 1.54) is 203 Å². The van der Waals surface area contributed by atoms with Crippen molar-refractivity contribution in [3.63, 3.8) is 0 Å². The largest absolute Gasteiger partial charge is 0.0622 e. The smallest absolute Gasteiger partial charge is 0.00201 e. The average molecular weight is 1430 g/mol. The molecule has 0 unspecified atom stereocenters. The monoisotopic (exact) mass is 1420 g/mol. The molecule has 0 fully saturated rings. The van der Waals surface area contributed by atoms with Crippen molar-refractivity contribution < 1.29 is 0 Å². The van der Waals surface area contributed by atoms with Crippen LogP contribution < -0.4 is 0 Å². The molecule has 112 heavy (non-hydrogen) atoms. The lowest BCUT2D eigenvalue weighted by molar-refractivity contribution is 0.591. The molecule has 0 aliphatic carbocycles. The lowest BCUT2D eigenvalue weighted by atomic mass is 9.81. The number of fused-ring (bicyclic) bond motifs is 9. The summed E-state index contributed by atoms with van der Waals surface area (Å²) in [6.07, 6.45) is 0. The summed E-state index contributed by atoms with van der Waals surface area (Å²) in [6, 6.07) is 157. The molecule has 0 nitrogen and oxygen atoms in total. The Morgan fingerprint density at radius 3 is 0.732 bits per heavy atom. The first-order chi connectivity index (χ1) is 55.2. The SMILES string of the molecule is CC(C)(C)c1cc(-c2ccccc2)cc(-c2c3ccccc3c(-c3ccc4ccccc4c3)c3ccccc23)c1.c1ccc(-c2cccc(-c3c4ccccc4c(-c4ccc5ccccc5c4)c4ccccc34)c2)cc1.c1ccc(-c2ccccc2-c2c3ccccc3c(-c3ccc4ccccc4c3)c3ccccc23)cc1. The van der Waals surface area contributed by atoms with E-state index < -0.39 is 0 Å². The Morgan fingerprint density at radius 1 is 0.134 bits per heavy atom. The van der Waals surface area contributed by atoms with Crippen molar-refractivity contribution in [2.75, 3.05) is 0 Å². The second-order valence-corrected chi connectivity index (χ2v) is 30.5. The van der Waals surface area contributed by atoms with Gasteiger partial charge in [0.25, 0.3) is 0 Å². The summed E-state index contributed by atoms with van der Waals surface area (Å²) in [5.74, 6) is 0. The molecule has 0 saturated heterocycles. The summed E-state index contributed by atoms with van der Waals surface area (Å²) < 4.78 is 0. The van der Waals surface area contributed by atoms with Crippen LogP contribution in [0.5, 0.6) is 0 Å². The Balaban J connectivity index is 0.000000113. The highest BCUT2D eigenvalue weighted by atomic mass is 14.3. The predicted octanol–water partition coefficient (Wildman–Crippen LogP) is 31.7. The van der Waals surface area contributed by atoms with Gasteiger partial charge in [-0.15, -0.1) is 0 Å². The van der Waals surface area contributed by atoms with Crippen LogP contribution in [0.4, 0.5) is 0 Å². The molecule has 0 aromatic heterocycles.